The zero-order chi connectivity index (χ0) is 12.3. The van der Waals surface area contributed by atoms with Gasteiger partial charge in [0.05, 0.1) is 12.1 Å². The van der Waals surface area contributed by atoms with Crippen LogP contribution in [0.25, 0.3) is 0 Å². The summed E-state index contributed by atoms with van der Waals surface area (Å²) in [5.41, 5.74) is 5.65. The third-order valence-corrected chi connectivity index (χ3v) is 3.06. The molecule has 0 atom stereocenters. The summed E-state index contributed by atoms with van der Waals surface area (Å²) >= 11 is 0. The van der Waals surface area contributed by atoms with Crippen molar-refractivity contribution in [2.24, 2.45) is 5.73 Å². The van der Waals surface area contributed by atoms with Crippen LogP contribution < -0.4 is 5.73 Å². The SMILES string of the molecule is CCOC(=O)c1noc(C2(N)CCCCC2)n1. The van der Waals surface area contributed by atoms with E-state index in [0.29, 0.717) is 5.89 Å². The molecule has 6 nitrogen and oxygen atoms in total. The maximum atomic E-state index is 11.4. The van der Waals surface area contributed by atoms with Gasteiger partial charge in [-0.1, -0.05) is 19.3 Å². The number of esters is 1. The molecule has 2 N–H and O–H groups in total. The van der Waals surface area contributed by atoms with Gasteiger partial charge in [-0.3, -0.25) is 0 Å². The van der Waals surface area contributed by atoms with Crippen LogP contribution in [0.1, 0.15) is 55.5 Å². The standard InChI is InChI=1S/C11H17N3O3/c1-2-16-9(15)8-13-10(17-14-8)11(12)6-4-3-5-7-11/h2-7,12H2,1H3. The van der Waals surface area contributed by atoms with Crippen molar-refractivity contribution < 1.29 is 14.1 Å². The highest BCUT2D eigenvalue weighted by Gasteiger charge is 2.35. The largest absolute Gasteiger partial charge is 0.460 e. The molecule has 17 heavy (non-hydrogen) atoms. The van der Waals surface area contributed by atoms with Crippen LogP contribution in [-0.2, 0) is 10.3 Å². The van der Waals surface area contributed by atoms with Crippen molar-refractivity contribution in [3.63, 3.8) is 0 Å². The number of nitrogens with two attached hydrogens (primary N) is 1. The summed E-state index contributed by atoms with van der Waals surface area (Å²) in [5, 5.41) is 3.61. The zero-order valence-electron chi connectivity index (χ0n) is 9.94. The van der Waals surface area contributed by atoms with Gasteiger partial charge in [0.25, 0.3) is 5.82 Å². The summed E-state index contributed by atoms with van der Waals surface area (Å²) in [6.45, 7) is 2.01. The van der Waals surface area contributed by atoms with Gasteiger partial charge in [-0.25, -0.2) is 4.79 Å². The first-order valence-electron chi connectivity index (χ1n) is 5.96. The quantitative estimate of drug-likeness (QED) is 0.801. The van der Waals surface area contributed by atoms with Crippen LogP contribution in [0.2, 0.25) is 0 Å². The zero-order valence-corrected chi connectivity index (χ0v) is 9.94. The maximum absolute atomic E-state index is 11.4. The predicted molar refractivity (Wildman–Crippen MR) is 59.2 cm³/mol. The molecule has 6 heteroatoms. The molecular weight excluding hydrogens is 222 g/mol. The van der Waals surface area contributed by atoms with E-state index in [1.807, 2.05) is 0 Å². The molecule has 1 aromatic heterocycles. The van der Waals surface area contributed by atoms with Crippen molar-refractivity contribution in [2.45, 2.75) is 44.6 Å². The van der Waals surface area contributed by atoms with E-state index in [-0.39, 0.29) is 12.4 Å². The van der Waals surface area contributed by atoms with Gasteiger partial charge in [0.15, 0.2) is 0 Å². The van der Waals surface area contributed by atoms with Crippen LogP contribution in [0.5, 0.6) is 0 Å². The smallest absolute Gasteiger partial charge is 0.379 e. The molecule has 1 heterocycles. The van der Waals surface area contributed by atoms with Crippen LogP contribution in [0, 0.1) is 0 Å². The van der Waals surface area contributed by atoms with Gasteiger partial charge in [0.1, 0.15) is 0 Å². The lowest BCUT2D eigenvalue weighted by Gasteiger charge is -2.29. The molecule has 0 radical (unpaired) electrons. The second-order valence-corrected chi connectivity index (χ2v) is 4.36. The molecule has 0 saturated heterocycles. The topological polar surface area (TPSA) is 91.2 Å². The molecule has 0 unspecified atom stereocenters. The minimum absolute atomic E-state index is 0.0442. The molecule has 0 bridgehead atoms. The second-order valence-electron chi connectivity index (χ2n) is 4.36. The van der Waals surface area contributed by atoms with Gasteiger partial charge >= 0.3 is 5.97 Å². The van der Waals surface area contributed by atoms with E-state index in [0.717, 1.165) is 25.7 Å². The van der Waals surface area contributed by atoms with Crippen molar-refractivity contribution in [2.75, 3.05) is 6.61 Å². The average Bonchev–Trinajstić information content (AvgIpc) is 2.80. The number of hydrogen-bond acceptors (Lipinski definition) is 6. The molecule has 0 spiro atoms. The van der Waals surface area contributed by atoms with Crippen LogP contribution in [0.3, 0.4) is 0 Å². The molecule has 1 aliphatic rings. The molecular formula is C11H17N3O3. The Balaban J connectivity index is 2.14. The van der Waals surface area contributed by atoms with E-state index in [1.54, 1.807) is 6.92 Å². The molecule has 0 amide bonds. The third-order valence-electron chi connectivity index (χ3n) is 3.06. The lowest BCUT2D eigenvalue weighted by Crippen LogP contribution is -2.39. The number of rotatable bonds is 3. The van der Waals surface area contributed by atoms with Gasteiger partial charge in [-0.2, -0.15) is 4.98 Å². The van der Waals surface area contributed by atoms with Crippen molar-refractivity contribution >= 4 is 5.97 Å². The highest BCUT2D eigenvalue weighted by atomic mass is 16.5. The first-order valence-corrected chi connectivity index (χ1v) is 5.96. The molecule has 1 aromatic rings. The number of aromatic nitrogens is 2. The van der Waals surface area contributed by atoms with E-state index < -0.39 is 11.5 Å². The molecule has 0 aliphatic heterocycles. The highest BCUT2D eigenvalue weighted by Crippen LogP contribution is 2.33. The second kappa shape index (κ2) is 4.83. The van der Waals surface area contributed by atoms with Crippen LogP contribution in [0.4, 0.5) is 0 Å². The Kier molecular flexibility index (Phi) is 3.42. The molecule has 1 aliphatic carbocycles. The van der Waals surface area contributed by atoms with Crippen molar-refractivity contribution in [3.05, 3.63) is 11.7 Å². The van der Waals surface area contributed by atoms with Crippen LogP contribution >= 0.6 is 0 Å². The Morgan fingerprint density at radius 2 is 2.18 bits per heavy atom. The van der Waals surface area contributed by atoms with Crippen LogP contribution in [0.15, 0.2) is 4.52 Å². The van der Waals surface area contributed by atoms with Gasteiger partial charge in [0, 0.05) is 0 Å². The first-order chi connectivity index (χ1) is 8.15. The third kappa shape index (κ3) is 2.46. The summed E-state index contributed by atoms with van der Waals surface area (Å²) in [5.74, 6) is -0.264. The lowest BCUT2D eigenvalue weighted by molar-refractivity contribution is 0.0508. The minimum Gasteiger partial charge on any atom is -0.460 e. The van der Waals surface area contributed by atoms with Crippen LogP contribution in [-0.4, -0.2) is 22.7 Å². The Labute approximate surface area is 99.5 Å². The highest BCUT2D eigenvalue weighted by molar-refractivity contribution is 5.84. The van der Waals surface area contributed by atoms with Crippen molar-refractivity contribution in [3.8, 4) is 0 Å². The number of hydrogen-bond donors (Lipinski definition) is 1. The van der Waals surface area contributed by atoms with E-state index in [4.69, 9.17) is 15.0 Å². The van der Waals surface area contributed by atoms with E-state index in [2.05, 4.69) is 10.1 Å². The van der Waals surface area contributed by atoms with E-state index in [9.17, 15) is 4.79 Å². The molecule has 2 rings (SSSR count). The van der Waals surface area contributed by atoms with Gasteiger partial charge in [0.2, 0.25) is 5.89 Å². The summed E-state index contributed by atoms with van der Waals surface area (Å²) in [6.07, 6.45) is 4.91. The van der Waals surface area contributed by atoms with E-state index in [1.165, 1.54) is 6.42 Å². The Morgan fingerprint density at radius 1 is 1.47 bits per heavy atom. The van der Waals surface area contributed by atoms with Gasteiger partial charge in [-0.05, 0) is 24.9 Å². The summed E-state index contributed by atoms with van der Waals surface area (Å²) < 4.78 is 9.88. The molecule has 0 aromatic carbocycles. The van der Waals surface area contributed by atoms with E-state index >= 15 is 0 Å². The predicted octanol–water partition coefficient (Wildman–Crippen LogP) is 1.36. The minimum atomic E-state index is -0.573. The summed E-state index contributed by atoms with van der Waals surface area (Å²) in [6, 6.07) is 0. The Morgan fingerprint density at radius 3 is 2.82 bits per heavy atom. The maximum Gasteiger partial charge on any atom is 0.379 e. The van der Waals surface area contributed by atoms with Crippen molar-refractivity contribution in [1.29, 1.82) is 0 Å². The monoisotopic (exact) mass is 239 g/mol. The molecule has 94 valence electrons. The lowest BCUT2D eigenvalue weighted by atomic mass is 9.82. The summed E-state index contributed by atoms with van der Waals surface area (Å²) in [7, 11) is 0. The normalized spacial score (nSPS) is 18.9. The number of carbonyl (C=O) groups is 1. The fourth-order valence-corrected chi connectivity index (χ4v) is 2.10. The number of carbonyl (C=O) groups excluding carboxylic acids is 1. The van der Waals surface area contributed by atoms with Crippen molar-refractivity contribution in [1.82, 2.24) is 10.1 Å². The molecule has 1 saturated carbocycles. The summed E-state index contributed by atoms with van der Waals surface area (Å²) in [4.78, 5) is 15.4. The van der Waals surface area contributed by atoms with Gasteiger partial charge < -0.3 is 15.0 Å². The molecule has 1 fully saturated rings. The fourth-order valence-electron chi connectivity index (χ4n) is 2.10. The van der Waals surface area contributed by atoms with Gasteiger partial charge in [-0.15, -0.1) is 0 Å². The Bertz CT molecular complexity index is 396. The Hall–Kier alpha value is -1.43. The fraction of sp³-hybridized carbons (Fsp3) is 0.727. The first kappa shape index (κ1) is 12.0. The number of ether oxygens (including phenoxy) is 1. The number of nitrogens with zero attached hydrogens (tertiary/aromatic N) is 2. The average molecular weight is 239 g/mol.